The minimum Gasteiger partial charge on any atom is -0.354 e. The van der Waals surface area contributed by atoms with Gasteiger partial charge in [0.25, 0.3) is 5.56 Å². The van der Waals surface area contributed by atoms with Gasteiger partial charge < -0.3 is 10.6 Å². The zero-order valence-corrected chi connectivity index (χ0v) is 19.1. The highest BCUT2D eigenvalue weighted by Crippen LogP contribution is 2.11. The summed E-state index contributed by atoms with van der Waals surface area (Å²) < 4.78 is 3.66. The molecule has 0 saturated heterocycles. The summed E-state index contributed by atoms with van der Waals surface area (Å²) in [7, 11) is 0. The van der Waals surface area contributed by atoms with E-state index in [9.17, 15) is 19.2 Å². The number of hydrogen-bond donors (Lipinski definition) is 2. The predicted octanol–water partition coefficient (Wildman–Crippen LogP) is 1.10. The minimum absolute atomic E-state index is 0.0274. The van der Waals surface area contributed by atoms with Crippen LogP contribution < -0.4 is 21.9 Å². The minimum atomic E-state index is -0.534. The number of aryl methyl sites for hydroxylation is 1. The van der Waals surface area contributed by atoms with Crippen LogP contribution in [0.1, 0.15) is 25.1 Å². The summed E-state index contributed by atoms with van der Waals surface area (Å²) in [5.74, 6) is -0.492. The van der Waals surface area contributed by atoms with E-state index in [2.05, 4.69) is 15.7 Å². The summed E-state index contributed by atoms with van der Waals surface area (Å²) in [4.78, 5) is 51.9. The number of hydrogen-bond acceptors (Lipinski definition) is 6. The number of carbonyl (C=O) groups excluding carboxylic acids is 2. The topological polar surface area (TPSA) is 120 Å². The number of para-hydroxylation sites is 1. The quantitative estimate of drug-likeness (QED) is 0.401. The lowest BCUT2D eigenvalue weighted by molar-refractivity contribution is -0.122. The molecule has 3 heterocycles. The molecule has 11 heteroatoms. The maximum Gasteiger partial charge on any atom is 0.352 e. The fourth-order valence-electron chi connectivity index (χ4n) is 3.57. The summed E-state index contributed by atoms with van der Waals surface area (Å²) in [5.41, 5.74) is -0.488. The van der Waals surface area contributed by atoms with Crippen molar-refractivity contribution in [3.05, 3.63) is 67.5 Å². The second-order valence-electron chi connectivity index (χ2n) is 7.88. The molecule has 0 fully saturated rings. The normalized spacial score (nSPS) is 11.4. The van der Waals surface area contributed by atoms with Crippen LogP contribution in [0.4, 0.5) is 0 Å². The maximum atomic E-state index is 13.1. The van der Waals surface area contributed by atoms with Gasteiger partial charge in [0.15, 0.2) is 0 Å². The number of fused-ring (bicyclic) bond motifs is 3. The second kappa shape index (κ2) is 9.41. The molecule has 0 atom stereocenters. The Morgan fingerprint density at radius 3 is 2.61 bits per heavy atom. The zero-order valence-electron chi connectivity index (χ0n) is 18.3. The highest BCUT2D eigenvalue weighted by Gasteiger charge is 2.19. The number of aromatic nitrogens is 4. The van der Waals surface area contributed by atoms with Gasteiger partial charge in [0, 0.05) is 23.9 Å². The number of benzene rings is 1. The van der Waals surface area contributed by atoms with Crippen LogP contribution in [0, 0.1) is 0 Å². The summed E-state index contributed by atoms with van der Waals surface area (Å²) in [5, 5.41) is 12.1. The Balaban J connectivity index is 1.70. The van der Waals surface area contributed by atoms with Crippen molar-refractivity contribution in [2.24, 2.45) is 0 Å². The molecular formula is C22H24N6O4S. The zero-order chi connectivity index (χ0) is 23.5. The number of nitrogens with zero attached hydrogens (tertiary/aromatic N) is 4. The van der Waals surface area contributed by atoms with Crippen molar-refractivity contribution < 1.29 is 9.59 Å². The smallest absolute Gasteiger partial charge is 0.352 e. The molecule has 33 heavy (non-hydrogen) atoms. The van der Waals surface area contributed by atoms with E-state index in [0.29, 0.717) is 17.4 Å². The SMILES string of the molecule is CC(C)NC(=O)CCn1c(=O)c2ccccc2n2c(=O)n(CC(=O)NCc3cccs3)nc12. The van der Waals surface area contributed by atoms with E-state index in [1.807, 2.05) is 31.4 Å². The molecule has 3 aromatic heterocycles. The van der Waals surface area contributed by atoms with Crippen LogP contribution in [-0.2, 0) is 29.2 Å². The van der Waals surface area contributed by atoms with Gasteiger partial charge in [-0.25, -0.2) is 13.9 Å². The van der Waals surface area contributed by atoms with Gasteiger partial charge in [-0.3, -0.25) is 19.0 Å². The molecule has 1 aromatic carbocycles. The van der Waals surface area contributed by atoms with Gasteiger partial charge in [0.1, 0.15) is 6.54 Å². The standard InChI is InChI=1S/C22H24N6O4S/c1-14(2)24-18(29)9-10-26-20(31)16-7-3-4-8-17(16)28-21(26)25-27(22(28)32)13-19(30)23-12-15-6-5-11-33-15/h3-8,11,14H,9-10,12-13H2,1-2H3,(H,23,30)(H,24,29). The highest BCUT2D eigenvalue weighted by atomic mass is 32.1. The van der Waals surface area contributed by atoms with Crippen LogP contribution in [0.5, 0.6) is 0 Å². The Kier molecular flexibility index (Phi) is 6.40. The van der Waals surface area contributed by atoms with Gasteiger partial charge in [0.2, 0.25) is 17.6 Å². The number of nitrogens with one attached hydrogen (secondary N) is 2. The lowest BCUT2D eigenvalue weighted by atomic mass is 10.2. The maximum absolute atomic E-state index is 13.1. The van der Waals surface area contributed by atoms with Gasteiger partial charge in [-0.1, -0.05) is 18.2 Å². The van der Waals surface area contributed by atoms with Crippen molar-refractivity contribution in [3.8, 4) is 0 Å². The molecule has 0 radical (unpaired) electrons. The third-order valence-corrected chi connectivity index (χ3v) is 5.91. The van der Waals surface area contributed by atoms with Crippen molar-refractivity contribution in [2.45, 2.75) is 45.9 Å². The van der Waals surface area contributed by atoms with Crippen LogP contribution in [0.15, 0.2) is 51.4 Å². The van der Waals surface area contributed by atoms with E-state index in [4.69, 9.17) is 0 Å². The van der Waals surface area contributed by atoms with Crippen molar-refractivity contribution in [1.29, 1.82) is 0 Å². The first kappa shape index (κ1) is 22.5. The van der Waals surface area contributed by atoms with Crippen LogP contribution in [-0.4, -0.2) is 36.6 Å². The number of amides is 2. The molecule has 0 aliphatic heterocycles. The average Bonchev–Trinajstić information content (AvgIpc) is 3.40. The molecule has 0 unspecified atom stereocenters. The van der Waals surface area contributed by atoms with E-state index < -0.39 is 5.69 Å². The van der Waals surface area contributed by atoms with E-state index in [1.165, 1.54) is 20.3 Å². The molecule has 0 saturated carbocycles. The molecule has 4 rings (SSSR count). The highest BCUT2D eigenvalue weighted by molar-refractivity contribution is 7.09. The third kappa shape index (κ3) is 4.72. The Labute approximate surface area is 192 Å². The Morgan fingerprint density at radius 2 is 1.88 bits per heavy atom. The summed E-state index contributed by atoms with van der Waals surface area (Å²) in [6.45, 7) is 3.82. The van der Waals surface area contributed by atoms with Crippen molar-refractivity contribution in [1.82, 2.24) is 29.4 Å². The van der Waals surface area contributed by atoms with Gasteiger partial charge in [-0.2, -0.15) is 0 Å². The Morgan fingerprint density at radius 1 is 1.09 bits per heavy atom. The van der Waals surface area contributed by atoms with E-state index in [1.54, 1.807) is 24.3 Å². The monoisotopic (exact) mass is 468 g/mol. The summed E-state index contributed by atoms with van der Waals surface area (Å²) in [6.07, 6.45) is 0.0500. The Bertz CT molecular complexity index is 1430. The number of carbonyl (C=O) groups is 2. The van der Waals surface area contributed by atoms with Gasteiger partial charge in [0.05, 0.1) is 17.4 Å². The molecular weight excluding hydrogens is 444 g/mol. The predicted molar refractivity (Wildman–Crippen MR) is 125 cm³/mol. The average molecular weight is 469 g/mol. The summed E-state index contributed by atoms with van der Waals surface area (Å²) >= 11 is 1.52. The molecule has 0 spiro atoms. The van der Waals surface area contributed by atoms with E-state index in [-0.39, 0.29) is 48.7 Å². The molecule has 0 aliphatic carbocycles. The van der Waals surface area contributed by atoms with Crippen LogP contribution >= 0.6 is 11.3 Å². The second-order valence-corrected chi connectivity index (χ2v) is 8.91. The van der Waals surface area contributed by atoms with Crippen molar-refractivity contribution in [2.75, 3.05) is 0 Å². The van der Waals surface area contributed by atoms with E-state index in [0.717, 1.165) is 9.56 Å². The molecule has 10 nitrogen and oxygen atoms in total. The number of rotatable bonds is 8. The lowest BCUT2D eigenvalue weighted by Crippen LogP contribution is -2.33. The van der Waals surface area contributed by atoms with E-state index >= 15 is 0 Å². The first-order valence-corrected chi connectivity index (χ1v) is 11.4. The van der Waals surface area contributed by atoms with Crippen LogP contribution in [0.2, 0.25) is 0 Å². The van der Waals surface area contributed by atoms with Gasteiger partial charge in [-0.15, -0.1) is 16.4 Å². The molecule has 0 aliphatic rings. The first-order valence-electron chi connectivity index (χ1n) is 10.5. The fraction of sp³-hybridized carbons (Fsp3) is 0.318. The van der Waals surface area contributed by atoms with Gasteiger partial charge >= 0.3 is 5.69 Å². The molecule has 0 bridgehead atoms. The molecule has 4 aromatic rings. The lowest BCUT2D eigenvalue weighted by Gasteiger charge is -2.11. The van der Waals surface area contributed by atoms with Crippen molar-refractivity contribution in [3.63, 3.8) is 0 Å². The third-order valence-electron chi connectivity index (χ3n) is 5.03. The molecule has 2 N–H and O–H groups in total. The van der Waals surface area contributed by atoms with Gasteiger partial charge in [-0.05, 0) is 37.4 Å². The molecule has 172 valence electrons. The van der Waals surface area contributed by atoms with Crippen LogP contribution in [0.25, 0.3) is 16.7 Å². The largest absolute Gasteiger partial charge is 0.354 e. The van der Waals surface area contributed by atoms with Crippen molar-refractivity contribution >= 4 is 39.8 Å². The summed E-state index contributed by atoms with van der Waals surface area (Å²) in [6, 6.07) is 10.5. The number of thiophene rings is 1. The fourth-order valence-corrected chi connectivity index (χ4v) is 4.21. The first-order chi connectivity index (χ1) is 15.8. The molecule has 2 amide bonds. The van der Waals surface area contributed by atoms with Crippen LogP contribution in [0.3, 0.4) is 0 Å². The Hall–Kier alpha value is -3.73.